The largest absolute Gasteiger partial charge is 0.292 e. The van der Waals surface area contributed by atoms with E-state index in [4.69, 9.17) is 10.2 Å². The predicted octanol–water partition coefficient (Wildman–Crippen LogP) is 7.62. The van der Waals surface area contributed by atoms with Crippen LogP contribution < -0.4 is 10.4 Å². The molecule has 1 heterocycles. The van der Waals surface area contributed by atoms with E-state index in [1.807, 2.05) is 71.7 Å². The van der Waals surface area contributed by atoms with Gasteiger partial charge in [-0.2, -0.15) is 0 Å². The number of para-hydroxylation sites is 2. The van der Waals surface area contributed by atoms with E-state index in [0.717, 1.165) is 44.6 Å². The van der Waals surface area contributed by atoms with Crippen molar-refractivity contribution in [1.82, 2.24) is 10.2 Å². The van der Waals surface area contributed by atoms with Crippen molar-refractivity contribution in [2.75, 3.05) is 10.4 Å². The van der Waals surface area contributed by atoms with E-state index in [9.17, 15) is 0 Å². The van der Waals surface area contributed by atoms with Crippen molar-refractivity contribution < 1.29 is 0 Å². The average Bonchev–Trinajstić information content (AvgIpc) is 2.92. The summed E-state index contributed by atoms with van der Waals surface area (Å²) in [5.74, 6) is 0.746. The molecular formula is C30H22N4. The molecule has 0 unspecified atom stereocenters. The van der Waals surface area contributed by atoms with E-state index < -0.39 is 0 Å². The lowest BCUT2D eigenvalue weighted by atomic mass is 10.00. The van der Waals surface area contributed by atoms with Gasteiger partial charge in [0.25, 0.3) is 0 Å². The lowest BCUT2D eigenvalue weighted by Gasteiger charge is -2.26. The van der Waals surface area contributed by atoms with Crippen LogP contribution in [0.25, 0.3) is 32.8 Å². The summed E-state index contributed by atoms with van der Waals surface area (Å²) >= 11 is 0. The second kappa shape index (κ2) is 8.68. The highest BCUT2D eigenvalue weighted by atomic mass is 15.5. The molecule has 0 bridgehead atoms. The molecule has 4 heteroatoms. The van der Waals surface area contributed by atoms with Crippen molar-refractivity contribution in [3.05, 3.63) is 127 Å². The summed E-state index contributed by atoms with van der Waals surface area (Å²) in [6.07, 6.45) is 0. The maximum atomic E-state index is 4.78. The van der Waals surface area contributed by atoms with Gasteiger partial charge in [0, 0.05) is 16.3 Å². The Morgan fingerprint density at radius 2 is 1.09 bits per heavy atom. The summed E-state index contributed by atoms with van der Waals surface area (Å²) in [4.78, 5) is 0. The molecule has 0 radical (unpaired) electrons. The number of hydrazine groups is 1. The van der Waals surface area contributed by atoms with Crippen LogP contribution >= 0.6 is 0 Å². The lowest BCUT2D eigenvalue weighted by Crippen LogP contribution is -2.26. The minimum absolute atomic E-state index is 0.746. The molecule has 0 spiro atoms. The van der Waals surface area contributed by atoms with E-state index in [0.29, 0.717) is 0 Å². The number of nitrogens with zero attached hydrogens (tertiary/aromatic N) is 3. The van der Waals surface area contributed by atoms with E-state index in [1.54, 1.807) is 0 Å². The van der Waals surface area contributed by atoms with Gasteiger partial charge in [-0.15, -0.1) is 10.2 Å². The van der Waals surface area contributed by atoms with E-state index >= 15 is 0 Å². The number of anilines is 3. The molecule has 0 atom stereocenters. The van der Waals surface area contributed by atoms with E-state index in [1.165, 1.54) is 5.39 Å². The maximum absolute atomic E-state index is 4.78. The van der Waals surface area contributed by atoms with E-state index in [-0.39, 0.29) is 0 Å². The van der Waals surface area contributed by atoms with Crippen LogP contribution in [-0.2, 0) is 0 Å². The smallest absolute Gasteiger partial charge is 0.182 e. The van der Waals surface area contributed by atoms with Crippen LogP contribution in [0.1, 0.15) is 0 Å². The zero-order valence-electron chi connectivity index (χ0n) is 18.5. The second-order valence-corrected chi connectivity index (χ2v) is 8.13. The van der Waals surface area contributed by atoms with Gasteiger partial charge in [-0.05, 0) is 47.2 Å². The minimum Gasteiger partial charge on any atom is -0.292 e. The van der Waals surface area contributed by atoms with E-state index in [2.05, 4.69) is 66.1 Å². The van der Waals surface area contributed by atoms with Crippen molar-refractivity contribution in [1.29, 1.82) is 0 Å². The molecule has 6 rings (SSSR count). The third kappa shape index (κ3) is 3.71. The third-order valence-electron chi connectivity index (χ3n) is 5.91. The number of hydrogen-bond donors (Lipinski definition) is 1. The average molecular weight is 439 g/mol. The molecule has 6 aromatic rings. The summed E-state index contributed by atoms with van der Waals surface area (Å²) in [6.45, 7) is 0. The first-order valence-electron chi connectivity index (χ1n) is 11.3. The Morgan fingerprint density at radius 3 is 1.76 bits per heavy atom. The molecule has 1 N–H and O–H groups in total. The molecule has 34 heavy (non-hydrogen) atoms. The van der Waals surface area contributed by atoms with Gasteiger partial charge < -0.3 is 0 Å². The first-order valence-corrected chi connectivity index (χ1v) is 11.3. The monoisotopic (exact) mass is 438 g/mol. The molecule has 0 saturated heterocycles. The summed E-state index contributed by atoms with van der Waals surface area (Å²) in [7, 11) is 0. The molecule has 0 aliphatic heterocycles. The molecule has 0 amide bonds. The third-order valence-corrected chi connectivity index (χ3v) is 5.91. The van der Waals surface area contributed by atoms with Crippen molar-refractivity contribution in [2.45, 2.75) is 0 Å². The van der Waals surface area contributed by atoms with Crippen molar-refractivity contribution in [3.63, 3.8) is 0 Å². The van der Waals surface area contributed by atoms with Gasteiger partial charge in [0.05, 0.1) is 11.4 Å². The van der Waals surface area contributed by atoms with Crippen LogP contribution in [0.15, 0.2) is 127 Å². The highest BCUT2D eigenvalue weighted by Gasteiger charge is 2.19. The Morgan fingerprint density at radius 1 is 0.529 bits per heavy atom. The SMILES string of the molecule is c1ccc(NN(c2ccccc2)c2nnc(-c3ccccc3)c3cc4ccccc4cc23)cc1. The summed E-state index contributed by atoms with van der Waals surface area (Å²) in [6, 6.07) is 43.4. The number of nitrogens with one attached hydrogen (secondary N) is 1. The fraction of sp³-hybridized carbons (Fsp3) is 0. The van der Waals surface area contributed by atoms with Gasteiger partial charge in [-0.1, -0.05) is 91.0 Å². The molecule has 162 valence electrons. The summed E-state index contributed by atoms with van der Waals surface area (Å²) < 4.78 is 0. The Labute approximate surface area is 198 Å². The maximum Gasteiger partial charge on any atom is 0.182 e. The Bertz CT molecular complexity index is 1570. The van der Waals surface area contributed by atoms with Crippen molar-refractivity contribution >= 4 is 38.7 Å². The standard InChI is InChI=1S/C30H22N4/c1-4-12-22(13-5-1)29-27-20-23-14-10-11-15-24(23)21-28(27)30(32-31-29)34(26-18-8-3-9-19-26)33-25-16-6-2-7-17-25/h1-21,33H. The molecule has 0 aliphatic carbocycles. The van der Waals surface area contributed by atoms with Gasteiger partial charge in [0.1, 0.15) is 5.69 Å². The van der Waals surface area contributed by atoms with Crippen LogP contribution in [0, 0.1) is 0 Å². The highest BCUT2D eigenvalue weighted by Crippen LogP contribution is 2.37. The molecule has 4 nitrogen and oxygen atoms in total. The normalized spacial score (nSPS) is 10.9. The van der Waals surface area contributed by atoms with Gasteiger partial charge in [0.15, 0.2) is 5.82 Å². The van der Waals surface area contributed by atoms with Gasteiger partial charge in [-0.3, -0.25) is 5.43 Å². The van der Waals surface area contributed by atoms with Crippen LogP contribution in [0.5, 0.6) is 0 Å². The number of aromatic nitrogens is 2. The topological polar surface area (TPSA) is 41.0 Å². The molecule has 0 fully saturated rings. The van der Waals surface area contributed by atoms with Crippen LogP contribution in [0.2, 0.25) is 0 Å². The van der Waals surface area contributed by atoms with Gasteiger partial charge >= 0.3 is 0 Å². The van der Waals surface area contributed by atoms with Crippen molar-refractivity contribution in [3.8, 4) is 11.3 Å². The number of fused-ring (bicyclic) bond motifs is 2. The molecule has 0 saturated carbocycles. The highest BCUT2D eigenvalue weighted by molar-refractivity contribution is 6.08. The fourth-order valence-electron chi connectivity index (χ4n) is 4.26. The number of hydrogen-bond acceptors (Lipinski definition) is 4. The second-order valence-electron chi connectivity index (χ2n) is 8.13. The molecule has 5 aromatic carbocycles. The predicted molar refractivity (Wildman–Crippen MR) is 141 cm³/mol. The van der Waals surface area contributed by atoms with Crippen LogP contribution in [0.3, 0.4) is 0 Å². The quantitative estimate of drug-likeness (QED) is 0.222. The zero-order valence-corrected chi connectivity index (χ0v) is 18.5. The van der Waals surface area contributed by atoms with Crippen LogP contribution in [-0.4, -0.2) is 10.2 Å². The number of benzene rings is 5. The Balaban J connectivity index is 1.62. The first-order chi connectivity index (χ1) is 16.9. The molecular weight excluding hydrogens is 416 g/mol. The summed E-state index contributed by atoms with van der Waals surface area (Å²) in [5.41, 5.74) is 7.40. The number of rotatable bonds is 5. The summed E-state index contributed by atoms with van der Waals surface area (Å²) in [5, 5.41) is 16.0. The molecule has 0 aliphatic rings. The Kier molecular flexibility index (Phi) is 5.09. The van der Waals surface area contributed by atoms with Crippen molar-refractivity contribution in [2.24, 2.45) is 0 Å². The lowest BCUT2D eigenvalue weighted by molar-refractivity contribution is 1.00. The van der Waals surface area contributed by atoms with Crippen LogP contribution in [0.4, 0.5) is 17.2 Å². The first kappa shape index (κ1) is 19.9. The Hall–Kier alpha value is -4.70. The minimum atomic E-state index is 0.746. The fourth-order valence-corrected chi connectivity index (χ4v) is 4.26. The molecule has 1 aromatic heterocycles. The van der Waals surface area contributed by atoms with Gasteiger partial charge in [-0.25, -0.2) is 5.01 Å². The van der Waals surface area contributed by atoms with Gasteiger partial charge in [0.2, 0.25) is 0 Å². The zero-order chi connectivity index (χ0) is 22.7.